The predicted octanol–water partition coefficient (Wildman–Crippen LogP) is 3.06. The maximum Gasteiger partial charge on any atom is 0.172 e. The van der Waals surface area contributed by atoms with Crippen molar-refractivity contribution in [3.8, 4) is 0 Å². The van der Waals surface area contributed by atoms with Crippen LogP contribution in [0.5, 0.6) is 0 Å². The smallest absolute Gasteiger partial charge is 0.172 e. The first-order chi connectivity index (χ1) is 8.33. The number of benzene rings is 1. The van der Waals surface area contributed by atoms with Crippen molar-refractivity contribution in [3.63, 3.8) is 0 Å². The van der Waals surface area contributed by atoms with Crippen LogP contribution in [-0.4, -0.2) is 23.6 Å². The summed E-state index contributed by atoms with van der Waals surface area (Å²) in [6, 6.07) is 5.31. The highest BCUT2D eigenvalue weighted by atomic mass is 35.5. The molecule has 3 N–H and O–H groups in total. The number of halogens is 1. The second kappa shape index (κ2) is 5.48. The van der Waals surface area contributed by atoms with E-state index in [0.717, 1.165) is 12.1 Å². The van der Waals surface area contributed by atoms with Crippen LogP contribution < -0.4 is 10.6 Å². The maximum atomic E-state index is 8.84. The summed E-state index contributed by atoms with van der Waals surface area (Å²) in [5.74, 6) is 0.0837. The fraction of sp³-hybridized carbons (Fsp3) is 0.462. The second-order valence-electron chi connectivity index (χ2n) is 4.87. The minimum atomic E-state index is -0.0465. The Morgan fingerprint density at radius 2 is 2.11 bits per heavy atom. The Morgan fingerprint density at radius 1 is 1.50 bits per heavy atom. The quantitative estimate of drug-likeness (QED) is 0.382. The number of hydrogen-bond donors (Lipinski definition) is 2. The van der Waals surface area contributed by atoms with Crippen molar-refractivity contribution in [2.24, 2.45) is 10.9 Å². The first kappa shape index (κ1) is 14.6. The Hall–Kier alpha value is -1.42. The van der Waals surface area contributed by atoms with Crippen molar-refractivity contribution in [1.29, 1.82) is 0 Å². The van der Waals surface area contributed by atoms with Crippen LogP contribution in [0.1, 0.15) is 32.8 Å². The Balaban J connectivity index is 3.34. The van der Waals surface area contributed by atoms with Crippen molar-refractivity contribution in [2.45, 2.75) is 32.7 Å². The number of nitrogens with zero attached hydrogens (tertiary/aromatic N) is 2. The molecule has 4 nitrogen and oxygen atoms in total. The van der Waals surface area contributed by atoms with Gasteiger partial charge in [0.1, 0.15) is 0 Å². The zero-order valence-corrected chi connectivity index (χ0v) is 12.0. The monoisotopic (exact) mass is 269 g/mol. The number of rotatable bonds is 4. The van der Waals surface area contributed by atoms with E-state index in [2.05, 4.69) is 30.8 Å². The second-order valence-corrected chi connectivity index (χ2v) is 5.31. The fourth-order valence-electron chi connectivity index (χ4n) is 1.62. The minimum absolute atomic E-state index is 0.0465. The topological polar surface area (TPSA) is 61.8 Å². The number of hydrogen-bond acceptors (Lipinski definition) is 3. The zero-order chi connectivity index (χ0) is 13.9. The minimum Gasteiger partial charge on any atom is -0.409 e. The van der Waals surface area contributed by atoms with Gasteiger partial charge < -0.3 is 15.8 Å². The van der Waals surface area contributed by atoms with Crippen LogP contribution in [0.2, 0.25) is 5.02 Å². The fourth-order valence-corrected chi connectivity index (χ4v) is 1.78. The maximum absolute atomic E-state index is 8.84. The molecule has 0 aliphatic carbocycles. The summed E-state index contributed by atoms with van der Waals surface area (Å²) in [5.41, 5.74) is 7.18. The molecule has 0 saturated carbocycles. The molecule has 0 atom stereocenters. The number of nitrogens with two attached hydrogens (primary N) is 1. The van der Waals surface area contributed by atoms with Gasteiger partial charge in [0.15, 0.2) is 5.84 Å². The van der Waals surface area contributed by atoms with Gasteiger partial charge in [-0.05, 0) is 38.5 Å². The van der Waals surface area contributed by atoms with Crippen LogP contribution >= 0.6 is 11.6 Å². The third-order valence-electron chi connectivity index (χ3n) is 3.48. The van der Waals surface area contributed by atoms with Gasteiger partial charge in [-0.15, -0.1) is 0 Å². The van der Waals surface area contributed by atoms with E-state index in [4.69, 9.17) is 22.5 Å². The molecular weight excluding hydrogens is 250 g/mol. The van der Waals surface area contributed by atoms with E-state index >= 15 is 0 Å². The third-order valence-corrected chi connectivity index (χ3v) is 3.71. The van der Waals surface area contributed by atoms with Gasteiger partial charge in [0.05, 0.1) is 0 Å². The molecule has 5 heteroatoms. The first-order valence-electron chi connectivity index (χ1n) is 5.84. The molecule has 1 aromatic carbocycles. The van der Waals surface area contributed by atoms with Gasteiger partial charge in [-0.1, -0.05) is 23.7 Å². The van der Waals surface area contributed by atoms with Crippen LogP contribution in [-0.2, 0) is 0 Å². The standard InChI is InChI=1S/C13H20ClN3O/c1-5-13(2,3)17(4)11-8-9(14)6-7-10(11)12(15)16-18/h6-8,18H,5H2,1-4H3,(H2,15,16). The van der Waals surface area contributed by atoms with E-state index in [1.807, 2.05) is 13.1 Å². The molecule has 18 heavy (non-hydrogen) atoms. The predicted molar refractivity (Wildman–Crippen MR) is 76.7 cm³/mol. The Kier molecular flexibility index (Phi) is 4.46. The largest absolute Gasteiger partial charge is 0.409 e. The average Bonchev–Trinajstić information content (AvgIpc) is 2.36. The van der Waals surface area contributed by atoms with Gasteiger partial charge in [-0.2, -0.15) is 0 Å². The molecule has 0 heterocycles. The molecule has 1 rings (SSSR count). The summed E-state index contributed by atoms with van der Waals surface area (Å²) >= 11 is 6.03. The molecule has 0 amide bonds. The van der Waals surface area contributed by atoms with Crippen LogP contribution in [0.15, 0.2) is 23.4 Å². The molecule has 0 aliphatic heterocycles. The van der Waals surface area contributed by atoms with Gasteiger partial charge in [-0.25, -0.2) is 0 Å². The van der Waals surface area contributed by atoms with Crippen LogP contribution in [0.4, 0.5) is 5.69 Å². The lowest BCUT2D eigenvalue weighted by Crippen LogP contribution is -2.41. The highest BCUT2D eigenvalue weighted by Crippen LogP contribution is 2.30. The van der Waals surface area contributed by atoms with Crippen LogP contribution in [0, 0.1) is 0 Å². The third kappa shape index (κ3) is 2.88. The Bertz CT molecular complexity index is 458. The zero-order valence-electron chi connectivity index (χ0n) is 11.2. The molecule has 0 aromatic heterocycles. The molecule has 0 saturated heterocycles. The summed E-state index contributed by atoms with van der Waals surface area (Å²) in [7, 11) is 1.98. The van der Waals surface area contributed by atoms with E-state index < -0.39 is 0 Å². The summed E-state index contributed by atoms with van der Waals surface area (Å²) < 4.78 is 0. The average molecular weight is 270 g/mol. The van der Waals surface area contributed by atoms with E-state index in [-0.39, 0.29) is 11.4 Å². The summed E-state index contributed by atoms with van der Waals surface area (Å²) in [6.45, 7) is 6.37. The van der Waals surface area contributed by atoms with Crippen molar-refractivity contribution >= 4 is 23.1 Å². The van der Waals surface area contributed by atoms with Gasteiger partial charge in [0.2, 0.25) is 0 Å². The molecule has 0 spiro atoms. The van der Waals surface area contributed by atoms with Crippen LogP contribution in [0.25, 0.3) is 0 Å². The van der Waals surface area contributed by atoms with Gasteiger partial charge in [0.25, 0.3) is 0 Å². The lowest BCUT2D eigenvalue weighted by atomic mass is 9.97. The molecule has 100 valence electrons. The molecular formula is C13H20ClN3O. The van der Waals surface area contributed by atoms with Gasteiger partial charge in [-0.3, -0.25) is 0 Å². The molecule has 0 fully saturated rings. The number of amidine groups is 1. The summed E-state index contributed by atoms with van der Waals surface area (Å²) in [4.78, 5) is 2.09. The van der Waals surface area contributed by atoms with E-state index in [0.29, 0.717) is 10.6 Å². The van der Waals surface area contributed by atoms with Crippen molar-refractivity contribution in [1.82, 2.24) is 0 Å². The number of anilines is 1. The lowest BCUT2D eigenvalue weighted by Gasteiger charge is -2.37. The van der Waals surface area contributed by atoms with E-state index in [1.54, 1.807) is 12.1 Å². The lowest BCUT2D eigenvalue weighted by molar-refractivity contribution is 0.318. The summed E-state index contributed by atoms with van der Waals surface area (Å²) in [6.07, 6.45) is 0.964. The van der Waals surface area contributed by atoms with Crippen molar-refractivity contribution in [2.75, 3.05) is 11.9 Å². The molecule has 0 bridgehead atoms. The SMILES string of the molecule is CCC(C)(C)N(C)c1cc(Cl)ccc1C(N)=NO. The summed E-state index contributed by atoms with van der Waals surface area (Å²) in [5, 5.41) is 12.5. The molecule has 0 unspecified atom stereocenters. The van der Waals surface area contributed by atoms with Crippen LogP contribution in [0.3, 0.4) is 0 Å². The van der Waals surface area contributed by atoms with Gasteiger partial charge >= 0.3 is 0 Å². The number of oxime groups is 1. The Labute approximate surface area is 113 Å². The van der Waals surface area contributed by atoms with Crippen molar-refractivity contribution in [3.05, 3.63) is 28.8 Å². The van der Waals surface area contributed by atoms with Crippen molar-refractivity contribution < 1.29 is 5.21 Å². The van der Waals surface area contributed by atoms with E-state index in [1.165, 1.54) is 0 Å². The van der Waals surface area contributed by atoms with Gasteiger partial charge in [0, 0.05) is 28.9 Å². The Morgan fingerprint density at radius 3 is 2.61 bits per heavy atom. The highest BCUT2D eigenvalue weighted by molar-refractivity contribution is 6.31. The highest BCUT2D eigenvalue weighted by Gasteiger charge is 2.24. The molecule has 0 aliphatic rings. The first-order valence-corrected chi connectivity index (χ1v) is 6.22. The molecule has 1 aromatic rings. The normalized spacial score (nSPS) is 12.6. The van der Waals surface area contributed by atoms with E-state index in [9.17, 15) is 0 Å². The molecule has 0 radical (unpaired) electrons.